The Bertz CT molecular complexity index is 141. The molecule has 0 aliphatic rings. The quantitative estimate of drug-likeness (QED) is 0.620. The van der Waals surface area contributed by atoms with Gasteiger partial charge in [-0.15, -0.1) is 0 Å². The van der Waals surface area contributed by atoms with E-state index in [1.807, 2.05) is 13.8 Å². The molecule has 1 atom stereocenters. The molecular weight excluding hydrogens is 164 g/mol. The largest absolute Gasteiger partial charge is 0.385 e. The summed E-state index contributed by atoms with van der Waals surface area (Å²) in [5.74, 6) is 0.361. The molecule has 2 nitrogen and oxygen atoms in total. The van der Waals surface area contributed by atoms with E-state index in [-0.39, 0.29) is 5.78 Å². The van der Waals surface area contributed by atoms with Crippen LogP contribution in [-0.4, -0.2) is 17.0 Å². The first-order valence-corrected chi connectivity index (χ1v) is 5.28. The highest BCUT2D eigenvalue weighted by Crippen LogP contribution is 2.09. The lowest BCUT2D eigenvalue weighted by Gasteiger charge is -2.10. The lowest BCUT2D eigenvalue weighted by molar-refractivity contribution is -0.128. The summed E-state index contributed by atoms with van der Waals surface area (Å²) in [6.45, 7) is 6.11. The van der Waals surface area contributed by atoms with Crippen molar-refractivity contribution in [2.45, 2.75) is 59.0 Å². The van der Waals surface area contributed by atoms with Crippen LogP contribution in [0.1, 0.15) is 52.9 Å². The Hall–Kier alpha value is -0.370. The van der Waals surface area contributed by atoms with Gasteiger partial charge >= 0.3 is 0 Å². The van der Waals surface area contributed by atoms with E-state index < -0.39 is 6.10 Å². The van der Waals surface area contributed by atoms with E-state index in [9.17, 15) is 9.90 Å². The van der Waals surface area contributed by atoms with Crippen LogP contribution < -0.4 is 0 Å². The molecule has 0 aromatic heterocycles. The van der Waals surface area contributed by atoms with Crippen LogP contribution in [0.15, 0.2) is 0 Å². The minimum absolute atomic E-state index is 0.00565. The maximum absolute atomic E-state index is 11.3. The summed E-state index contributed by atoms with van der Waals surface area (Å²) < 4.78 is 0. The fraction of sp³-hybridized carbons (Fsp3) is 0.909. The Morgan fingerprint density at radius 2 is 1.92 bits per heavy atom. The number of ketones is 1. The molecule has 0 amide bonds. The average molecular weight is 186 g/mol. The number of carbonyl (C=O) groups excluding carboxylic acids is 1. The van der Waals surface area contributed by atoms with E-state index >= 15 is 0 Å². The summed E-state index contributed by atoms with van der Waals surface area (Å²) in [7, 11) is 0. The van der Waals surface area contributed by atoms with Gasteiger partial charge in [-0.1, -0.05) is 40.0 Å². The predicted molar refractivity (Wildman–Crippen MR) is 54.6 cm³/mol. The number of aliphatic hydroxyl groups is 1. The molecule has 0 saturated heterocycles. The summed E-state index contributed by atoms with van der Waals surface area (Å²) in [5, 5.41) is 9.44. The maximum Gasteiger partial charge on any atom is 0.161 e. The molecule has 0 bridgehead atoms. The third-order valence-corrected chi connectivity index (χ3v) is 2.06. The molecule has 0 rings (SSSR count). The standard InChI is InChI=1S/C11H22O2/c1-4-5-6-7-10(12)11(13)8-9(2)3/h9-10,12H,4-8H2,1-3H3. The molecule has 0 aliphatic heterocycles. The van der Waals surface area contributed by atoms with Gasteiger partial charge in [-0.05, 0) is 12.3 Å². The van der Waals surface area contributed by atoms with Crippen LogP contribution in [0.4, 0.5) is 0 Å². The lowest BCUT2D eigenvalue weighted by atomic mass is 10.00. The highest BCUT2D eigenvalue weighted by molar-refractivity contribution is 5.82. The molecule has 0 radical (unpaired) electrons. The van der Waals surface area contributed by atoms with Gasteiger partial charge < -0.3 is 5.11 Å². The predicted octanol–water partition coefficient (Wildman–Crippen LogP) is 2.54. The van der Waals surface area contributed by atoms with Crippen molar-refractivity contribution in [3.63, 3.8) is 0 Å². The first-order valence-electron chi connectivity index (χ1n) is 5.28. The highest BCUT2D eigenvalue weighted by Gasteiger charge is 2.15. The molecule has 0 aromatic carbocycles. The summed E-state index contributed by atoms with van der Waals surface area (Å²) in [6.07, 6.45) is 3.62. The van der Waals surface area contributed by atoms with E-state index in [1.54, 1.807) is 0 Å². The molecule has 0 aliphatic carbocycles. The van der Waals surface area contributed by atoms with Crippen LogP contribution in [0.25, 0.3) is 0 Å². The molecule has 0 aromatic rings. The van der Waals surface area contributed by atoms with E-state index in [1.165, 1.54) is 0 Å². The molecule has 2 heteroatoms. The van der Waals surface area contributed by atoms with Gasteiger partial charge in [-0.25, -0.2) is 0 Å². The smallest absolute Gasteiger partial charge is 0.161 e. The Morgan fingerprint density at radius 3 is 2.38 bits per heavy atom. The van der Waals surface area contributed by atoms with Crippen molar-refractivity contribution in [3.8, 4) is 0 Å². The van der Waals surface area contributed by atoms with Crippen LogP contribution in [0.5, 0.6) is 0 Å². The van der Waals surface area contributed by atoms with E-state index in [0.717, 1.165) is 19.3 Å². The van der Waals surface area contributed by atoms with Crippen LogP contribution in [0.2, 0.25) is 0 Å². The number of unbranched alkanes of at least 4 members (excludes halogenated alkanes) is 2. The lowest BCUT2D eigenvalue weighted by Crippen LogP contribution is -2.21. The zero-order valence-electron chi connectivity index (χ0n) is 9.05. The topological polar surface area (TPSA) is 37.3 Å². The number of hydrogen-bond donors (Lipinski definition) is 1. The Kier molecular flexibility index (Phi) is 6.87. The van der Waals surface area contributed by atoms with Crippen molar-refractivity contribution in [2.75, 3.05) is 0 Å². The monoisotopic (exact) mass is 186 g/mol. The van der Waals surface area contributed by atoms with Gasteiger partial charge in [0, 0.05) is 6.42 Å². The second-order valence-corrected chi connectivity index (χ2v) is 4.08. The summed E-state index contributed by atoms with van der Waals surface area (Å²) in [6, 6.07) is 0. The van der Waals surface area contributed by atoms with E-state index in [0.29, 0.717) is 18.8 Å². The average Bonchev–Trinajstić information content (AvgIpc) is 2.03. The highest BCUT2D eigenvalue weighted by atomic mass is 16.3. The van der Waals surface area contributed by atoms with Crippen LogP contribution in [0.3, 0.4) is 0 Å². The molecule has 1 N–H and O–H groups in total. The molecule has 78 valence electrons. The Balaban J connectivity index is 3.57. The van der Waals surface area contributed by atoms with Gasteiger partial charge in [0.15, 0.2) is 5.78 Å². The van der Waals surface area contributed by atoms with E-state index in [2.05, 4.69) is 6.92 Å². The van der Waals surface area contributed by atoms with Gasteiger partial charge in [-0.2, -0.15) is 0 Å². The van der Waals surface area contributed by atoms with Crippen molar-refractivity contribution < 1.29 is 9.90 Å². The zero-order valence-corrected chi connectivity index (χ0v) is 9.05. The molecule has 0 heterocycles. The van der Waals surface area contributed by atoms with Gasteiger partial charge in [0.2, 0.25) is 0 Å². The van der Waals surface area contributed by atoms with Gasteiger partial charge in [0.1, 0.15) is 6.10 Å². The number of aliphatic hydroxyl groups excluding tert-OH is 1. The Morgan fingerprint density at radius 1 is 1.31 bits per heavy atom. The fourth-order valence-corrected chi connectivity index (χ4v) is 1.29. The number of rotatable bonds is 7. The minimum atomic E-state index is -0.714. The fourth-order valence-electron chi connectivity index (χ4n) is 1.29. The van der Waals surface area contributed by atoms with Crippen molar-refractivity contribution in [1.82, 2.24) is 0 Å². The summed E-state index contributed by atoms with van der Waals surface area (Å²) in [4.78, 5) is 11.3. The molecule has 0 fully saturated rings. The maximum atomic E-state index is 11.3. The summed E-state index contributed by atoms with van der Waals surface area (Å²) in [5.41, 5.74) is 0. The van der Waals surface area contributed by atoms with Crippen molar-refractivity contribution in [2.24, 2.45) is 5.92 Å². The number of carbonyl (C=O) groups is 1. The number of Topliss-reactive ketones (excluding diaryl/α,β-unsaturated/α-hetero) is 1. The van der Waals surface area contributed by atoms with Crippen molar-refractivity contribution >= 4 is 5.78 Å². The van der Waals surface area contributed by atoms with Gasteiger partial charge in [0.05, 0.1) is 0 Å². The molecular formula is C11H22O2. The van der Waals surface area contributed by atoms with E-state index in [4.69, 9.17) is 0 Å². The SMILES string of the molecule is CCCCCC(O)C(=O)CC(C)C. The number of hydrogen-bond acceptors (Lipinski definition) is 2. The molecule has 0 saturated carbocycles. The van der Waals surface area contributed by atoms with Crippen LogP contribution >= 0.6 is 0 Å². The Labute approximate surface area is 81.3 Å². The second kappa shape index (κ2) is 7.07. The first-order chi connectivity index (χ1) is 6.07. The minimum Gasteiger partial charge on any atom is -0.385 e. The first kappa shape index (κ1) is 12.6. The van der Waals surface area contributed by atoms with Gasteiger partial charge in [-0.3, -0.25) is 4.79 Å². The molecule has 13 heavy (non-hydrogen) atoms. The summed E-state index contributed by atoms with van der Waals surface area (Å²) >= 11 is 0. The third kappa shape index (κ3) is 6.76. The van der Waals surface area contributed by atoms with Crippen molar-refractivity contribution in [1.29, 1.82) is 0 Å². The molecule has 0 spiro atoms. The normalized spacial score (nSPS) is 13.3. The van der Waals surface area contributed by atoms with Crippen LogP contribution in [0, 0.1) is 5.92 Å². The van der Waals surface area contributed by atoms with Crippen LogP contribution in [-0.2, 0) is 4.79 Å². The van der Waals surface area contributed by atoms with Gasteiger partial charge in [0.25, 0.3) is 0 Å². The molecule has 1 unspecified atom stereocenters. The van der Waals surface area contributed by atoms with Crippen molar-refractivity contribution in [3.05, 3.63) is 0 Å². The zero-order chi connectivity index (χ0) is 10.3. The second-order valence-electron chi connectivity index (χ2n) is 4.08. The third-order valence-electron chi connectivity index (χ3n) is 2.06.